The molecule has 5 atom stereocenters. The Labute approximate surface area is 173 Å². The topological polar surface area (TPSA) is 195 Å². The zero-order valence-electron chi connectivity index (χ0n) is 15.4. The first-order valence-electron chi connectivity index (χ1n) is 8.52. The first-order chi connectivity index (χ1) is 14.0. The lowest BCUT2D eigenvalue weighted by Crippen LogP contribution is -2.38. The number of nitrogen functional groups attached to an aromatic ring is 1. The number of fused-ring (bicyclic) bond motifs is 1. The van der Waals surface area contributed by atoms with Crippen LogP contribution in [0.4, 0.5) is 10.2 Å². The number of aromatic nitrogens is 4. The van der Waals surface area contributed by atoms with Crippen LogP contribution in [0.25, 0.3) is 11.2 Å². The van der Waals surface area contributed by atoms with Gasteiger partial charge in [-0.2, -0.15) is 9.97 Å². The summed E-state index contributed by atoms with van der Waals surface area (Å²) in [5, 5.41) is 12.0. The number of hydrogen-bond acceptors (Lipinski definition) is 9. The van der Waals surface area contributed by atoms with Crippen LogP contribution in [0.1, 0.15) is 0 Å². The molecule has 3 rings (SSSR count). The Morgan fingerprint density at radius 2 is 2.20 bits per heavy atom. The molecule has 30 heavy (non-hydrogen) atoms. The largest absolute Gasteiger partial charge is 0.387 e. The van der Waals surface area contributed by atoms with Gasteiger partial charge < -0.3 is 40.0 Å². The number of imidazole rings is 1. The molecule has 1 aliphatic heterocycles. The van der Waals surface area contributed by atoms with Crippen LogP contribution in [0.15, 0.2) is 6.33 Å². The third-order valence-corrected chi connectivity index (χ3v) is 5.61. The van der Waals surface area contributed by atoms with Crippen molar-refractivity contribution in [2.75, 3.05) is 19.4 Å². The summed E-state index contributed by atoms with van der Waals surface area (Å²) in [4.78, 5) is 41.9. The van der Waals surface area contributed by atoms with Gasteiger partial charge in [0.15, 0.2) is 17.6 Å². The Bertz CT molecular complexity index is 989. The van der Waals surface area contributed by atoms with Crippen molar-refractivity contribution in [1.82, 2.24) is 24.8 Å². The molecule has 2 aromatic heterocycles. The summed E-state index contributed by atoms with van der Waals surface area (Å²) < 4.78 is 37.8. The lowest BCUT2D eigenvalue weighted by atomic mass is 10.1. The Balaban J connectivity index is 1.71. The van der Waals surface area contributed by atoms with E-state index in [2.05, 4.69) is 20.3 Å². The van der Waals surface area contributed by atoms with Gasteiger partial charge in [-0.25, -0.2) is 9.37 Å². The number of likely N-dealkylation sites (N-methyl/N-ethyl adjacent to an activating group) is 1. The molecule has 2 aromatic rings. The summed E-state index contributed by atoms with van der Waals surface area (Å²) in [6.07, 6.45) is -4.64. The van der Waals surface area contributed by atoms with Gasteiger partial charge in [-0.3, -0.25) is 9.36 Å². The number of carbonyl (C=O) groups is 1. The second-order valence-corrected chi connectivity index (χ2v) is 8.47. The summed E-state index contributed by atoms with van der Waals surface area (Å²) in [7, 11) is -3.79. The lowest BCUT2D eigenvalue weighted by Gasteiger charge is -2.21. The van der Waals surface area contributed by atoms with Crippen LogP contribution in [0, 0.1) is 0 Å². The first-order valence-corrected chi connectivity index (χ1v) is 10.6. The van der Waals surface area contributed by atoms with Crippen molar-refractivity contribution in [3.8, 4) is 0 Å². The molecule has 16 heteroatoms. The Kier molecular flexibility index (Phi) is 6.57. The molecule has 0 aliphatic carbocycles. The lowest BCUT2D eigenvalue weighted by molar-refractivity contribution is -0.131. The normalized spacial score (nSPS) is 25.5. The summed E-state index contributed by atoms with van der Waals surface area (Å²) in [5.41, 5.74) is 6.21. The van der Waals surface area contributed by atoms with E-state index in [1.54, 1.807) is 0 Å². The van der Waals surface area contributed by atoms with Crippen molar-refractivity contribution in [1.29, 1.82) is 0 Å². The molecule has 166 valence electrons. The van der Waals surface area contributed by atoms with Crippen molar-refractivity contribution in [3.63, 3.8) is 0 Å². The molecule has 0 saturated carbocycles. The summed E-state index contributed by atoms with van der Waals surface area (Å²) in [6.45, 7) is -0.762. The van der Waals surface area contributed by atoms with Gasteiger partial charge in [-0.15, -0.1) is 0 Å². The van der Waals surface area contributed by atoms with E-state index in [0.717, 1.165) is 0 Å². The number of amides is 1. The number of rotatable bonds is 7. The number of hydrogen-bond donors (Lipinski definition) is 5. The van der Waals surface area contributed by atoms with E-state index in [0.29, 0.717) is 0 Å². The second kappa shape index (κ2) is 8.67. The van der Waals surface area contributed by atoms with Gasteiger partial charge in [-0.05, 0) is 11.6 Å². The number of anilines is 1. The Hall–Kier alpha value is -1.93. The predicted octanol–water partition coefficient (Wildman–Crippen LogP) is -1.21. The van der Waals surface area contributed by atoms with Gasteiger partial charge in [0.2, 0.25) is 11.1 Å². The van der Waals surface area contributed by atoms with Crippen molar-refractivity contribution in [2.24, 2.45) is 0 Å². The highest BCUT2D eigenvalue weighted by molar-refractivity contribution is 7.53. The number of alkyl halides is 1. The number of aliphatic hydroxyl groups is 1. The zero-order valence-corrected chi connectivity index (χ0v) is 17.1. The molecule has 0 bridgehead atoms. The maximum Gasteiger partial charge on any atom is 0.363 e. The van der Waals surface area contributed by atoms with E-state index < -0.39 is 50.4 Å². The van der Waals surface area contributed by atoms with Gasteiger partial charge in [0.05, 0.1) is 19.5 Å². The van der Waals surface area contributed by atoms with Crippen molar-refractivity contribution in [3.05, 3.63) is 11.6 Å². The van der Waals surface area contributed by atoms with Crippen LogP contribution in [0.5, 0.6) is 0 Å². The third kappa shape index (κ3) is 4.54. The smallest absolute Gasteiger partial charge is 0.363 e. The molecule has 1 aliphatic rings. The number of nitrogens with zero attached hydrogens (tertiary/aromatic N) is 4. The fraction of sp³-hybridized carbons (Fsp3) is 0.571. The SMILES string of the molecule is CNC(=O)[C@H](OC[C@H]1O[C@@H](Cn2cnc3c(N)nc(Cl)nc32)[C@@H](F)[C@@H]1O)P(=O)(O)O. The molecule has 3 heterocycles. The highest BCUT2D eigenvalue weighted by Crippen LogP contribution is 2.42. The van der Waals surface area contributed by atoms with Gasteiger partial charge in [0.1, 0.15) is 23.8 Å². The third-order valence-electron chi connectivity index (χ3n) is 4.45. The molecular weight excluding hydrogens is 450 g/mol. The highest BCUT2D eigenvalue weighted by Gasteiger charge is 2.46. The maximum atomic E-state index is 14.6. The molecule has 0 radical (unpaired) electrons. The quantitative estimate of drug-likeness (QED) is 0.242. The number of ether oxygens (including phenoxy) is 2. The standard InChI is InChI=1S/C14H19ClFN6O7P/c1-18-12(24)13(30(25,26)27)28-3-6-9(23)7(16)5(29-6)2-22-4-19-8-10(17)20-14(15)21-11(8)22/h4-7,9,13,23H,2-3H2,1H3,(H,18,24)(H2,17,20,21)(H2,25,26,27)/t5-,6+,7+,9+,13+/m0/s1. The minimum Gasteiger partial charge on any atom is -0.387 e. The van der Waals surface area contributed by atoms with E-state index in [4.69, 9.17) is 26.8 Å². The van der Waals surface area contributed by atoms with E-state index in [-0.39, 0.29) is 28.8 Å². The maximum absolute atomic E-state index is 14.6. The Morgan fingerprint density at radius 3 is 2.83 bits per heavy atom. The first kappa shape index (κ1) is 22.7. The van der Waals surface area contributed by atoms with Gasteiger partial charge in [-0.1, -0.05) is 0 Å². The monoisotopic (exact) mass is 468 g/mol. The van der Waals surface area contributed by atoms with Gasteiger partial charge in [0.25, 0.3) is 5.91 Å². The summed E-state index contributed by atoms with van der Waals surface area (Å²) in [5.74, 6) is -3.14. The molecule has 1 fully saturated rings. The molecule has 0 aromatic carbocycles. The molecule has 13 nitrogen and oxygen atoms in total. The fourth-order valence-corrected chi connectivity index (χ4v) is 3.87. The van der Waals surface area contributed by atoms with E-state index in [1.165, 1.54) is 17.9 Å². The molecule has 1 amide bonds. The van der Waals surface area contributed by atoms with Crippen LogP contribution in [-0.4, -0.2) is 84.3 Å². The van der Waals surface area contributed by atoms with E-state index >= 15 is 0 Å². The van der Waals surface area contributed by atoms with Gasteiger partial charge >= 0.3 is 7.60 Å². The molecule has 1 saturated heterocycles. The molecule has 6 N–H and O–H groups in total. The van der Waals surface area contributed by atoms with Crippen LogP contribution in [-0.2, 0) is 25.4 Å². The minimum absolute atomic E-state index is 0.0388. The van der Waals surface area contributed by atoms with Crippen LogP contribution in [0.3, 0.4) is 0 Å². The minimum atomic E-state index is -4.96. The number of nitrogens with one attached hydrogen (secondary N) is 1. The predicted molar refractivity (Wildman–Crippen MR) is 100 cm³/mol. The van der Waals surface area contributed by atoms with Crippen molar-refractivity contribution >= 4 is 42.1 Å². The molecule has 0 unspecified atom stereocenters. The molecular formula is C14H19ClFN6O7P. The number of aliphatic hydroxyl groups excluding tert-OH is 1. The Morgan fingerprint density at radius 1 is 1.50 bits per heavy atom. The average molecular weight is 469 g/mol. The average Bonchev–Trinajstić information content (AvgIpc) is 3.17. The number of carbonyl (C=O) groups excluding carboxylic acids is 1. The second-order valence-electron chi connectivity index (χ2n) is 6.48. The zero-order chi connectivity index (χ0) is 22.2. The molecule has 0 spiro atoms. The van der Waals surface area contributed by atoms with Crippen molar-refractivity contribution < 1.29 is 38.1 Å². The fourth-order valence-electron chi connectivity index (χ4n) is 2.99. The highest BCUT2D eigenvalue weighted by atomic mass is 35.5. The van der Waals surface area contributed by atoms with Crippen LogP contribution < -0.4 is 11.1 Å². The summed E-state index contributed by atoms with van der Waals surface area (Å²) in [6, 6.07) is 0. The van der Waals surface area contributed by atoms with Crippen LogP contribution in [0.2, 0.25) is 5.28 Å². The van der Waals surface area contributed by atoms with E-state index in [1.807, 2.05) is 0 Å². The number of nitrogens with two attached hydrogens (primary N) is 1. The van der Waals surface area contributed by atoms with Gasteiger partial charge in [0, 0.05) is 7.05 Å². The van der Waals surface area contributed by atoms with E-state index in [9.17, 15) is 28.6 Å². The van der Waals surface area contributed by atoms with Crippen molar-refractivity contribution in [2.45, 2.75) is 36.9 Å². The summed E-state index contributed by atoms with van der Waals surface area (Å²) >= 11 is 5.79. The number of halogens is 2. The van der Waals surface area contributed by atoms with Crippen LogP contribution >= 0.6 is 19.2 Å².